The molecule has 8 heteroatoms. The van der Waals surface area contributed by atoms with Gasteiger partial charge in [0.25, 0.3) is 11.1 Å². The highest BCUT2D eigenvalue weighted by molar-refractivity contribution is 5.91. The number of hydrogen-bond donors (Lipinski definition) is 1. The minimum atomic E-state index is -0.271. The minimum Gasteiger partial charge on any atom is -0.467 e. The Labute approximate surface area is 151 Å². The Kier molecular flexibility index (Phi) is 3.29. The molecule has 0 amide bonds. The topological polar surface area (TPSA) is 98.7 Å². The number of pyridine rings is 3. The summed E-state index contributed by atoms with van der Waals surface area (Å²) in [5, 5.41) is 7.38. The zero-order valence-electron chi connectivity index (χ0n) is 14.0. The largest absolute Gasteiger partial charge is 0.467 e. The van der Waals surface area contributed by atoms with Crippen molar-refractivity contribution < 1.29 is 4.42 Å². The maximum absolute atomic E-state index is 12.9. The lowest BCUT2D eigenvalue weighted by atomic mass is 10.2. The molecule has 0 unspecified atom stereocenters. The number of H-pyrrole nitrogens is 1. The normalized spacial score (nSPS) is 11.4. The van der Waals surface area contributed by atoms with Crippen LogP contribution in [0.5, 0.6) is 0 Å². The fourth-order valence-corrected chi connectivity index (χ4v) is 3.13. The molecular weight excluding hydrogens is 346 g/mol. The maximum atomic E-state index is 12.9. The lowest BCUT2D eigenvalue weighted by Crippen LogP contribution is -2.22. The molecule has 0 spiro atoms. The van der Waals surface area contributed by atoms with E-state index >= 15 is 0 Å². The molecule has 5 rings (SSSR count). The van der Waals surface area contributed by atoms with E-state index in [1.807, 2.05) is 0 Å². The van der Waals surface area contributed by atoms with Crippen molar-refractivity contribution in [3.8, 4) is 5.82 Å². The van der Waals surface area contributed by atoms with Crippen LogP contribution in [0.2, 0.25) is 0 Å². The number of fused-ring (bicyclic) bond motifs is 2. The first-order valence-electron chi connectivity index (χ1n) is 8.28. The molecule has 8 nitrogen and oxygen atoms in total. The van der Waals surface area contributed by atoms with Gasteiger partial charge in [-0.05, 0) is 30.3 Å². The summed E-state index contributed by atoms with van der Waals surface area (Å²) in [5.41, 5.74) is 0.579. The van der Waals surface area contributed by atoms with Crippen molar-refractivity contribution in [2.45, 2.75) is 6.54 Å². The van der Waals surface area contributed by atoms with Crippen molar-refractivity contribution in [2.24, 2.45) is 0 Å². The molecule has 0 atom stereocenters. The van der Waals surface area contributed by atoms with Gasteiger partial charge >= 0.3 is 0 Å². The van der Waals surface area contributed by atoms with Gasteiger partial charge < -0.3 is 8.98 Å². The van der Waals surface area contributed by atoms with Crippen LogP contribution in [0.4, 0.5) is 0 Å². The molecule has 5 aromatic heterocycles. The summed E-state index contributed by atoms with van der Waals surface area (Å²) in [4.78, 5) is 30.2. The summed E-state index contributed by atoms with van der Waals surface area (Å²) in [6, 6.07) is 10.4. The molecule has 0 saturated heterocycles. The van der Waals surface area contributed by atoms with Crippen LogP contribution < -0.4 is 11.1 Å². The maximum Gasteiger partial charge on any atom is 0.265 e. The van der Waals surface area contributed by atoms with Gasteiger partial charge in [-0.2, -0.15) is 5.10 Å². The van der Waals surface area contributed by atoms with Crippen LogP contribution in [0.15, 0.2) is 75.3 Å². The van der Waals surface area contributed by atoms with Crippen LogP contribution in [-0.4, -0.2) is 24.3 Å². The Morgan fingerprint density at radius 1 is 1.00 bits per heavy atom. The molecule has 0 aliphatic rings. The third-order valence-electron chi connectivity index (χ3n) is 4.47. The van der Waals surface area contributed by atoms with Gasteiger partial charge in [-0.1, -0.05) is 0 Å². The first-order valence-corrected chi connectivity index (χ1v) is 8.28. The molecule has 132 valence electrons. The molecule has 0 aliphatic carbocycles. The van der Waals surface area contributed by atoms with Gasteiger partial charge in [0.1, 0.15) is 11.6 Å². The van der Waals surface area contributed by atoms with E-state index in [9.17, 15) is 9.59 Å². The molecule has 5 heterocycles. The van der Waals surface area contributed by atoms with Gasteiger partial charge in [-0.15, -0.1) is 0 Å². The van der Waals surface area contributed by atoms with Crippen LogP contribution >= 0.6 is 0 Å². The first kappa shape index (κ1) is 15.3. The number of nitrogens with one attached hydrogen (secondary N) is 1. The molecule has 0 bridgehead atoms. The summed E-state index contributed by atoms with van der Waals surface area (Å²) in [6.07, 6.45) is 6.44. The molecule has 0 aromatic carbocycles. The molecule has 0 saturated carbocycles. The zero-order chi connectivity index (χ0) is 18.4. The minimum absolute atomic E-state index is 0.227. The first-order chi connectivity index (χ1) is 13.2. The summed E-state index contributed by atoms with van der Waals surface area (Å²) in [6.45, 7) is 0.312. The van der Waals surface area contributed by atoms with Gasteiger partial charge in [-0.3, -0.25) is 19.3 Å². The summed E-state index contributed by atoms with van der Waals surface area (Å²) in [5.74, 6) is 1.22. The Balaban J connectivity index is 1.73. The molecule has 1 N–H and O–H groups in total. The van der Waals surface area contributed by atoms with Crippen LogP contribution in [0.25, 0.3) is 27.6 Å². The summed E-state index contributed by atoms with van der Waals surface area (Å²) < 4.78 is 8.28. The van der Waals surface area contributed by atoms with E-state index in [2.05, 4.69) is 15.2 Å². The van der Waals surface area contributed by atoms with Gasteiger partial charge in [0, 0.05) is 18.5 Å². The zero-order valence-corrected chi connectivity index (χ0v) is 14.0. The van der Waals surface area contributed by atoms with Crippen molar-refractivity contribution in [1.29, 1.82) is 0 Å². The number of aromatic nitrogens is 5. The number of hydrogen-bond acceptors (Lipinski definition) is 5. The fraction of sp³-hybridized carbons (Fsp3) is 0.0526. The highest BCUT2D eigenvalue weighted by Gasteiger charge is 2.11. The predicted molar refractivity (Wildman–Crippen MR) is 99.1 cm³/mol. The van der Waals surface area contributed by atoms with E-state index in [1.54, 1.807) is 61.3 Å². The molecule has 0 radical (unpaired) electrons. The van der Waals surface area contributed by atoms with Crippen LogP contribution in [0.1, 0.15) is 5.76 Å². The second-order valence-corrected chi connectivity index (χ2v) is 6.11. The van der Waals surface area contributed by atoms with Crippen molar-refractivity contribution in [2.75, 3.05) is 0 Å². The average Bonchev–Trinajstić information content (AvgIpc) is 3.38. The van der Waals surface area contributed by atoms with E-state index < -0.39 is 0 Å². The summed E-state index contributed by atoms with van der Waals surface area (Å²) in [7, 11) is 0. The molecule has 5 aromatic rings. The Morgan fingerprint density at radius 3 is 2.56 bits per heavy atom. The van der Waals surface area contributed by atoms with E-state index in [-0.39, 0.29) is 11.1 Å². The van der Waals surface area contributed by atoms with Crippen molar-refractivity contribution in [3.05, 3.63) is 87.7 Å². The van der Waals surface area contributed by atoms with Gasteiger partial charge in [0.15, 0.2) is 0 Å². The van der Waals surface area contributed by atoms with E-state index in [4.69, 9.17) is 4.42 Å². The second-order valence-electron chi connectivity index (χ2n) is 6.11. The van der Waals surface area contributed by atoms with E-state index in [0.29, 0.717) is 39.9 Å². The van der Waals surface area contributed by atoms with Crippen LogP contribution in [0.3, 0.4) is 0 Å². The summed E-state index contributed by atoms with van der Waals surface area (Å²) >= 11 is 0. The van der Waals surface area contributed by atoms with Crippen molar-refractivity contribution >= 4 is 21.8 Å². The Hall–Kier alpha value is -3.94. The predicted octanol–water partition coefficient (Wildman–Crippen LogP) is 2.06. The molecule has 0 aliphatic heterocycles. The van der Waals surface area contributed by atoms with Gasteiger partial charge in [0.05, 0.1) is 40.8 Å². The SMILES string of the molecule is O=c1c2cc3c(=O)n(-c4ccn[nH]4)ccc3nc2ccn1Cc1ccco1. The van der Waals surface area contributed by atoms with Crippen LogP contribution in [0, 0.1) is 0 Å². The molecule has 0 fully saturated rings. The highest BCUT2D eigenvalue weighted by Crippen LogP contribution is 2.15. The van der Waals surface area contributed by atoms with E-state index in [0.717, 1.165) is 0 Å². The van der Waals surface area contributed by atoms with Gasteiger partial charge in [-0.25, -0.2) is 4.98 Å². The third-order valence-corrected chi connectivity index (χ3v) is 4.47. The number of furan rings is 1. The Bertz CT molecular complexity index is 1380. The van der Waals surface area contributed by atoms with E-state index in [1.165, 1.54) is 9.13 Å². The highest BCUT2D eigenvalue weighted by atomic mass is 16.3. The number of aromatic amines is 1. The average molecular weight is 359 g/mol. The number of nitrogens with zero attached hydrogens (tertiary/aromatic N) is 4. The monoisotopic (exact) mass is 359 g/mol. The molecular formula is C19H13N5O3. The van der Waals surface area contributed by atoms with Crippen molar-refractivity contribution in [1.82, 2.24) is 24.3 Å². The quantitative estimate of drug-likeness (QED) is 0.497. The smallest absolute Gasteiger partial charge is 0.265 e. The second kappa shape index (κ2) is 5.80. The Morgan fingerprint density at radius 2 is 1.81 bits per heavy atom. The van der Waals surface area contributed by atoms with Crippen molar-refractivity contribution in [3.63, 3.8) is 0 Å². The third kappa shape index (κ3) is 2.46. The van der Waals surface area contributed by atoms with Crippen LogP contribution in [-0.2, 0) is 6.54 Å². The fourth-order valence-electron chi connectivity index (χ4n) is 3.13. The number of rotatable bonds is 3. The standard InChI is InChI=1S/C19H13N5O3/c25-18-13-10-14-16(5-8-24(19(14)26)17-3-6-20-22-17)21-15(13)4-7-23(18)11-12-2-1-9-27-12/h1-10H,11H2,(H,20,22). The lowest BCUT2D eigenvalue weighted by molar-refractivity contribution is 0.490. The van der Waals surface area contributed by atoms with Gasteiger partial charge in [0.2, 0.25) is 0 Å². The molecule has 27 heavy (non-hydrogen) atoms. The lowest BCUT2D eigenvalue weighted by Gasteiger charge is -2.08.